The van der Waals surface area contributed by atoms with Gasteiger partial charge in [0.05, 0.1) is 5.92 Å². The van der Waals surface area contributed by atoms with E-state index in [1.807, 2.05) is 86.3 Å². The van der Waals surface area contributed by atoms with Gasteiger partial charge in [-0.2, -0.15) is 0 Å². The molecule has 0 aromatic heterocycles. The molecule has 33 heavy (non-hydrogen) atoms. The van der Waals surface area contributed by atoms with Gasteiger partial charge in [0.1, 0.15) is 0 Å². The van der Waals surface area contributed by atoms with Gasteiger partial charge in [-0.25, -0.2) is 4.79 Å². The lowest BCUT2D eigenvalue weighted by atomic mass is 9.94. The van der Waals surface area contributed by atoms with Crippen LogP contribution in [0.1, 0.15) is 64.5 Å². The summed E-state index contributed by atoms with van der Waals surface area (Å²) in [5.74, 6) is -0.0418. The first-order valence-corrected chi connectivity index (χ1v) is 11.9. The number of rotatable bonds is 10. The summed E-state index contributed by atoms with van der Waals surface area (Å²) in [5.41, 5.74) is 3.78. The maximum absolute atomic E-state index is 13.8. The molecule has 0 aliphatic rings. The fraction of sp³-hybridized carbons (Fsp3) is 0.481. The van der Waals surface area contributed by atoms with Crippen molar-refractivity contribution in [2.24, 2.45) is 0 Å². The Morgan fingerprint density at radius 1 is 0.939 bits per heavy atom. The third-order valence-corrected chi connectivity index (χ3v) is 5.89. The highest BCUT2D eigenvalue weighted by Crippen LogP contribution is 2.29. The lowest BCUT2D eigenvalue weighted by molar-refractivity contribution is -0.135. The number of benzene rings is 2. The van der Waals surface area contributed by atoms with Crippen molar-refractivity contribution in [3.63, 3.8) is 0 Å². The van der Waals surface area contributed by atoms with E-state index in [1.165, 1.54) is 0 Å². The summed E-state index contributed by atoms with van der Waals surface area (Å²) in [7, 11) is 3.98. The first kappa shape index (κ1) is 26.2. The van der Waals surface area contributed by atoms with Crippen LogP contribution in [-0.2, 0) is 11.3 Å². The SMILES string of the molecule is CC[C@@H](C)N(Cc1cc(NC(=O)NC(C)C)ccc1N(C)C)C(=O)[C@H](CC)c1ccccc1. The second kappa shape index (κ2) is 12.3. The summed E-state index contributed by atoms with van der Waals surface area (Å²) < 4.78 is 0. The molecule has 3 amide bonds. The molecule has 0 aliphatic heterocycles. The highest BCUT2D eigenvalue weighted by Gasteiger charge is 2.28. The van der Waals surface area contributed by atoms with Crippen molar-refractivity contribution in [3.8, 4) is 0 Å². The quantitative estimate of drug-likeness (QED) is 0.493. The second-order valence-electron chi connectivity index (χ2n) is 9.09. The molecule has 180 valence electrons. The van der Waals surface area contributed by atoms with Gasteiger partial charge in [-0.3, -0.25) is 4.79 Å². The Kier molecular flexibility index (Phi) is 9.76. The molecule has 2 rings (SSSR count). The molecule has 0 spiro atoms. The number of urea groups is 1. The van der Waals surface area contributed by atoms with Crippen LogP contribution < -0.4 is 15.5 Å². The van der Waals surface area contributed by atoms with Crippen molar-refractivity contribution in [1.82, 2.24) is 10.2 Å². The lowest BCUT2D eigenvalue weighted by Crippen LogP contribution is -2.41. The number of carbonyl (C=O) groups excluding carboxylic acids is 2. The van der Waals surface area contributed by atoms with Crippen molar-refractivity contribution in [2.45, 2.75) is 72.0 Å². The third kappa shape index (κ3) is 7.24. The van der Waals surface area contributed by atoms with E-state index in [9.17, 15) is 9.59 Å². The summed E-state index contributed by atoms with van der Waals surface area (Å²) in [6.07, 6.45) is 1.61. The Balaban J connectivity index is 2.39. The van der Waals surface area contributed by atoms with E-state index in [4.69, 9.17) is 0 Å². The van der Waals surface area contributed by atoms with E-state index < -0.39 is 0 Å². The predicted octanol–water partition coefficient (Wildman–Crippen LogP) is 5.60. The van der Waals surface area contributed by atoms with Gasteiger partial charge < -0.3 is 20.4 Å². The molecule has 0 saturated carbocycles. The van der Waals surface area contributed by atoms with Crippen molar-refractivity contribution >= 4 is 23.3 Å². The summed E-state index contributed by atoms with van der Waals surface area (Å²) >= 11 is 0. The molecular weight excluding hydrogens is 412 g/mol. The van der Waals surface area contributed by atoms with Crippen LogP contribution in [-0.4, -0.2) is 43.0 Å². The maximum Gasteiger partial charge on any atom is 0.319 e. The highest BCUT2D eigenvalue weighted by molar-refractivity contribution is 5.90. The Morgan fingerprint density at radius 2 is 1.61 bits per heavy atom. The monoisotopic (exact) mass is 452 g/mol. The third-order valence-electron chi connectivity index (χ3n) is 5.89. The topological polar surface area (TPSA) is 64.7 Å². The standard InChI is InChI=1S/C27H40N4O2/c1-8-20(5)31(26(32)24(9-2)21-13-11-10-12-14-21)18-22-17-23(15-16-25(22)30(6)7)29-27(33)28-19(3)4/h10-17,19-20,24H,8-9,18H2,1-7H3,(H2,28,29,33)/t20-,24-/m1/s1. The van der Waals surface area contributed by atoms with Crippen LogP contribution in [0.15, 0.2) is 48.5 Å². The first-order chi connectivity index (χ1) is 15.7. The molecular formula is C27H40N4O2. The normalized spacial score (nSPS) is 12.7. The maximum atomic E-state index is 13.8. The molecule has 0 unspecified atom stereocenters. The Labute approximate surface area is 199 Å². The fourth-order valence-corrected chi connectivity index (χ4v) is 3.95. The number of anilines is 2. The average molecular weight is 453 g/mol. The zero-order valence-corrected chi connectivity index (χ0v) is 21.2. The second-order valence-corrected chi connectivity index (χ2v) is 9.09. The number of carbonyl (C=O) groups is 2. The van der Waals surface area contributed by atoms with Gasteiger partial charge >= 0.3 is 6.03 Å². The highest BCUT2D eigenvalue weighted by atomic mass is 16.2. The lowest BCUT2D eigenvalue weighted by Gasteiger charge is -2.33. The molecule has 0 aliphatic carbocycles. The number of hydrogen-bond acceptors (Lipinski definition) is 3. The van der Waals surface area contributed by atoms with Gasteiger partial charge in [0.15, 0.2) is 0 Å². The van der Waals surface area contributed by atoms with Crippen LogP contribution in [0.2, 0.25) is 0 Å². The van der Waals surface area contributed by atoms with Gasteiger partial charge in [0.25, 0.3) is 0 Å². The summed E-state index contributed by atoms with van der Waals surface area (Å²) in [5, 5.41) is 5.76. The van der Waals surface area contributed by atoms with E-state index >= 15 is 0 Å². The number of nitrogens with zero attached hydrogens (tertiary/aromatic N) is 2. The Morgan fingerprint density at radius 3 is 2.15 bits per heavy atom. The molecule has 0 bridgehead atoms. The summed E-state index contributed by atoms with van der Waals surface area (Å²) in [6, 6.07) is 15.8. The molecule has 6 nitrogen and oxygen atoms in total. The zero-order valence-electron chi connectivity index (χ0n) is 21.2. The van der Waals surface area contributed by atoms with Crippen LogP contribution in [0.3, 0.4) is 0 Å². The van der Waals surface area contributed by atoms with Crippen molar-refractivity contribution < 1.29 is 9.59 Å². The smallest absolute Gasteiger partial charge is 0.319 e. The van der Waals surface area contributed by atoms with Crippen LogP contribution in [0, 0.1) is 0 Å². The Bertz CT molecular complexity index is 912. The molecule has 2 N–H and O–H groups in total. The van der Waals surface area contributed by atoms with E-state index in [1.54, 1.807) is 0 Å². The molecule has 0 fully saturated rings. The largest absolute Gasteiger partial charge is 0.377 e. The van der Waals surface area contributed by atoms with E-state index in [0.29, 0.717) is 12.2 Å². The summed E-state index contributed by atoms with van der Waals surface area (Å²) in [6.45, 7) is 10.6. The predicted molar refractivity (Wildman–Crippen MR) is 138 cm³/mol. The van der Waals surface area contributed by atoms with Gasteiger partial charge in [0, 0.05) is 44.1 Å². The molecule has 2 aromatic carbocycles. The zero-order chi connectivity index (χ0) is 24.5. The minimum absolute atomic E-state index is 0.0491. The van der Waals surface area contributed by atoms with Gasteiger partial charge in [0.2, 0.25) is 5.91 Å². The average Bonchev–Trinajstić information content (AvgIpc) is 2.77. The van der Waals surface area contributed by atoms with Crippen LogP contribution in [0.5, 0.6) is 0 Å². The molecule has 6 heteroatoms. The molecule has 2 aromatic rings. The fourth-order valence-electron chi connectivity index (χ4n) is 3.95. The van der Waals surface area contributed by atoms with Crippen LogP contribution >= 0.6 is 0 Å². The number of amides is 3. The summed E-state index contributed by atoms with van der Waals surface area (Å²) in [4.78, 5) is 30.0. The molecule has 0 heterocycles. The van der Waals surface area contributed by atoms with E-state index in [0.717, 1.165) is 29.7 Å². The Hall–Kier alpha value is -3.02. The minimum Gasteiger partial charge on any atom is -0.377 e. The molecule has 0 saturated heterocycles. The van der Waals surface area contributed by atoms with Crippen molar-refractivity contribution in [2.75, 3.05) is 24.3 Å². The number of hydrogen-bond donors (Lipinski definition) is 2. The van der Waals surface area contributed by atoms with Gasteiger partial charge in [-0.05, 0) is 62.9 Å². The van der Waals surface area contributed by atoms with Gasteiger partial charge in [-0.15, -0.1) is 0 Å². The van der Waals surface area contributed by atoms with Crippen molar-refractivity contribution in [3.05, 3.63) is 59.7 Å². The van der Waals surface area contributed by atoms with E-state index in [2.05, 4.69) is 31.4 Å². The van der Waals surface area contributed by atoms with Gasteiger partial charge in [-0.1, -0.05) is 44.2 Å². The van der Waals surface area contributed by atoms with Crippen molar-refractivity contribution in [1.29, 1.82) is 0 Å². The van der Waals surface area contributed by atoms with Crippen LogP contribution in [0.4, 0.5) is 16.2 Å². The van der Waals surface area contributed by atoms with E-state index in [-0.39, 0.29) is 29.9 Å². The molecule has 2 atom stereocenters. The first-order valence-electron chi connectivity index (χ1n) is 11.9. The number of nitrogens with one attached hydrogen (secondary N) is 2. The molecule has 0 radical (unpaired) electrons. The van der Waals surface area contributed by atoms with Crippen LogP contribution in [0.25, 0.3) is 0 Å². The minimum atomic E-state index is -0.237.